The maximum Gasteiger partial charge on any atom is 0.318 e. The van der Waals surface area contributed by atoms with E-state index in [0.29, 0.717) is 12.3 Å². The highest BCUT2D eigenvalue weighted by Crippen LogP contribution is 2.65. The molecule has 4 aliphatic rings. The van der Waals surface area contributed by atoms with Crippen LogP contribution in [0.25, 0.3) is 0 Å². The molecule has 8 atom stereocenters. The van der Waals surface area contributed by atoms with Gasteiger partial charge in [0.1, 0.15) is 17.3 Å². The van der Waals surface area contributed by atoms with Crippen molar-refractivity contribution in [2.45, 2.75) is 65.0 Å². The molecule has 0 aromatic carbocycles. The third-order valence-corrected chi connectivity index (χ3v) is 7.33. The summed E-state index contributed by atoms with van der Waals surface area (Å²) in [5.41, 5.74) is -1.72. The predicted octanol–water partition coefficient (Wildman–Crippen LogP) is 1.67. The van der Waals surface area contributed by atoms with Crippen molar-refractivity contribution in [1.29, 1.82) is 0 Å². The maximum atomic E-state index is 12.7. The van der Waals surface area contributed by atoms with Gasteiger partial charge in [0, 0.05) is 12.3 Å². The first kappa shape index (κ1) is 14.6. The van der Waals surface area contributed by atoms with Crippen LogP contribution in [0.3, 0.4) is 0 Å². The fraction of sp³-hybridized carbons (Fsp3) is 0.882. The molecule has 0 aromatic rings. The van der Waals surface area contributed by atoms with Gasteiger partial charge >= 0.3 is 5.97 Å². The van der Waals surface area contributed by atoms with Crippen LogP contribution in [0.4, 0.5) is 0 Å². The van der Waals surface area contributed by atoms with Crippen molar-refractivity contribution in [3.63, 3.8) is 0 Å². The number of Topliss-reactive ketones (excluding diaryl/α,β-unsaturated/α-hetero) is 1. The molecular formula is C17H24O5. The zero-order chi connectivity index (χ0) is 16.1. The molecule has 2 aliphatic carbocycles. The first-order valence-electron chi connectivity index (χ1n) is 8.28. The van der Waals surface area contributed by atoms with E-state index in [4.69, 9.17) is 9.47 Å². The van der Waals surface area contributed by atoms with Crippen LogP contribution < -0.4 is 0 Å². The Hall–Kier alpha value is -0.940. The third-order valence-electron chi connectivity index (χ3n) is 7.33. The molecule has 22 heavy (non-hydrogen) atoms. The van der Waals surface area contributed by atoms with Gasteiger partial charge in [0.2, 0.25) is 0 Å². The summed E-state index contributed by atoms with van der Waals surface area (Å²) in [6.45, 7) is 7.38. The van der Waals surface area contributed by atoms with Gasteiger partial charge in [-0.25, -0.2) is 0 Å². The van der Waals surface area contributed by atoms with Crippen molar-refractivity contribution in [2.75, 3.05) is 0 Å². The molecule has 0 bridgehead atoms. The highest BCUT2D eigenvalue weighted by atomic mass is 16.7. The molecule has 4 rings (SSSR count). The van der Waals surface area contributed by atoms with Crippen LogP contribution in [-0.2, 0) is 19.1 Å². The molecular weight excluding hydrogens is 284 g/mol. The number of fused-ring (bicyclic) bond motifs is 2. The van der Waals surface area contributed by atoms with E-state index < -0.39 is 28.7 Å². The lowest BCUT2D eigenvalue weighted by atomic mass is 9.64. The van der Waals surface area contributed by atoms with Crippen LogP contribution in [0.15, 0.2) is 0 Å². The van der Waals surface area contributed by atoms with Crippen molar-refractivity contribution in [2.24, 2.45) is 28.6 Å². The van der Waals surface area contributed by atoms with E-state index in [0.717, 1.165) is 12.8 Å². The molecule has 0 aromatic heterocycles. The summed E-state index contributed by atoms with van der Waals surface area (Å²) < 4.78 is 11.7. The normalized spacial score (nSPS) is 60.0. The molecule has 5 nitrogen and oxygen atoms in total. The Morgan fingerprint density at radius 3 is 2.59 bits per heavy atom. The Morgan fingerprint density at radius 2 is 1.91 bits per heavy atom. The van der Waals surface area contributed by atoms with Crippen LogP contribution in [0.1, 0.15) is 47.0 Å². The quantitative estimate of drug-likeness (QED) is 0.689. The minimum atomic E-state index is -1.59. The molecule has 2 heterocycles. The zero-order valence-corrected chi connectivity index (χ0v) is 13.6. The lowest BCUT2D eigenvalue weighted by molar-refractivity contribution is -0.239. The number of esters is 1. The Bertz CT molecular complexity index is 569. The summed E-state index contributed by atoms with van der Waals surface area (Å²) in [6, 6.07) is 0. The molecule has 0 amide bonds. The van der Waals surface area contributed by atoms with Crippen molar-refractivity contribution in [3.8, 4) is 0 Å². The van der Waals surface area contributed by atoms with Crippen molar-refractivity contribution >= 4 is 11.8 Å². The summed E-state index contributed by atoms with van der Waals surface area (Å²) in [4.78, 5) is 25.2. The number of carbonyl (C=O) groups is 2. The zero-order valence-electron chi connectivity index (χ0n) is 13.6. The molecule has 0 radical (unpaired) electrons. The summed E-state index contributed by atoms with van der Waals surface area (Å²) >= 11 is 0. The number of ketones is 1. The van der Waals surface area contributed by atoms with E-state index in [1.165, 1.54) is 6.92 Å². The second-order valence-corrected chi connectivity index (χ2v) is 8.26. The van der Waals surface area contributed by atoms with Crippen molar-refractivity contribution in [1.82, 2.24) is 0 Å². The molecule has 0 unspecified atom stereocenters. The van der Waals surface area contributed by atoms with Gasteiger partial charge in [-0.2, -0.15) is 0 Å². The number of rotatable bonds is 0. The summed E-state index contributed by atoms with van der Waals surface area (Å²) in [5, 5.41) is 10.8. The van der Waals surface area contributed by atoms with E-state index in [2.05, 4.69) is 6.92 Å². The predicted molar refractivity (Wildman–Crippen MR) is 76.6 cm³/mol. The van der Waals surface area contributed by atoms with Crippen molar-refractivity contribution in [3.05, 3.63) is 0 Å². The first-order valence-corrected chi connectivity index (χ1v) is 8.28. The molecule has 4 fully saturated rings. The number of aliphatic hydroxyl groups is 1. The average molecular weight is 308 g/mol. The van der Waals surface area contributed by atoms with E-state index in [9.17, 15) is 14.7 Å². The standard InChI is InChI=1S/C17H24O5/c1-8-7-10-12-13(15(2)9(8)5-6-11(15)18)22-17(4,20)16(12,3)14(19)21-10/h8-10,12-13,20H,5-7H2,1-4H3/t8-,9+,10+,12-,13-,15+,16+,17+/m1/s1. The topological polar surface area (TPSA) is 72.8 Å². The lowest BCUT2D eigenvalue weighted by Gasteiger charge is -2.38. The van der Waals surface area contributed by atoms with E-state index >= 15 is 0 Å². The molecule has 2 saturated heterocycles. The summed E-state index contributed by atoms with van der Waals surface area (Å²) in [6.07, 6.45) is 1.46. The van der Waals surface area contributed by atoms with Crippen molar-refractivity contribution < 1.29 is 24.2 Å². The fourth-order valence-electron chi connectivity index (χ4n) is 5.81. The average Bonchev–Trinajstić information content (AvgIpc) is 2.91. The van der Waals surface area contributed by atoms with Gasteiger partial charge in [0.15, 0.2) is 5.79 Å². The van der Waals surface area contributed by atoms with Crippen LogP contribution in [-0.4, -0.2) is 34.9 Å². The minimum Gasteiger partial charge on any atom is -0.461 e. The van der Waals surface area contributed by atoms with Gasteiger partial charge < -0.3 is 14.6 Å². The number of carbonyl (C=O) groups excluding carboxylic acids is 2. The van der Waals surface area contributed by atoms with Gasteiger partial charge in [-0.05, 0) is 45.4 Å². The van der Waals surface area contributed by atoms with Crippen LogP contribution >= 0.6 is 0 Å². The van der Waals surface area contributed by atoms with Gasteiger partial charge in [-0.15, -0.1) is 0 Å². The van der Waals surface area contributed by atoms with Gasteiger partial charge in [0.05, 0.1) is 11.5 Å². The second-order valence-electron chi connectivity index (χ2n) is 8.26. The van der Waals surface area contributed by atoms with Crippen LogP contribution in [0.5, 0.6) is 0 Å². The smallest absolute Gasteiger partial charge is 0.318 e. The Labute approximate surface area is 130 Å². The monoisotopic (exact) mass is 308 g/mol. The minimum absolute atomic E-state index is 0.203. The highest BCUT2D eigenvalue weighted by molar-refractivity contribution is 5.89. The summed E-state index contributed by atoms with van der Waals surface area (Å²) in [7, 11) is 0. The summed E-state index contributed by atoms with van der Waals surface area (Å²) in [5.74, 6) is -1.51. The Morgan fingerprint density at radius 1 is 1.23 bits per heavy atom. The third kappa shape index (κ3) is 1.34. The lowest BCUT2D eigenvalue weighted by Crippen LogP contribution is -2.47. The molecule has 122 valence electrons. The Kier molecular flexibility index (Phi) is 2.62. The Balaban J connectivity index is 1.91. The highest BCUT2D eigenvalue weighted by Gasteiger charge is 2.77. The van der Waals surface area contributed by atoms with E-state index in [1.54, 1.807) is 6.92 Å². The molecule has 5 heteroatoms. The molecule has 2 saturated carbocycles. The first-order chi connectivity index (χ1) is 10.1. The number of ether oxygens (including phenoxy) is 2. The number of hydrogen-bond acceptors (Lipinski definition) is 5. The molecule has 1 N–H and O–H groups in total. The SMILES string of the molecule is C[C@@H]1C[C@@H]2OC(=O)[C@]3(C)[C@H]2[C@@H](O[C@]3(C)O)[C@]2(C)C(=O)CC[C@@H]12. The van der Waals surface area contributed by atoms with E-state index in [1.807, 2.05) is 6.92 Å². The van der Waals surface area contributed by atoms with Crippen LogP contribution in [0, 0.1) is 28.6 Å². The second kappa shape index (κ2) is 3.93. The fourth-order valence-corrected chi connectivity index (χ4v) is 5.81. The van der Waals surface area contributed by atoms with Gasteiger partial charge in [-0.1, -0.05) is 6.92 Å². The molecule has 2 aliphatic heterocycles. The van der Waals surface area contributed by atoms with E-state index in [-0.39, 0.29) is 23.7 Å². The number of hydrogen-bond donors (Lipinski definition) is 1. The maximum absolute atomic E-state index is 12.7. The molecule has 0 spiro atoms. The van der Waals surface area contributed by atoms with Gasteiger partial charge in [0.25, 0.3) is 0 Å². The largest absolute Gasteiger partial charge is 0.461 e. The van der Waals surface area contributed by atoms with Gasteiger partial charge in [-0.3, -0.25) is 9.59 Å². The van der Waals surface area contributed by atoms with Crippen LogP contribution in [0.2, 0.25) is 0 Å².